The number of hydrogen-bond acceptors (Lipinski definition) is 6. The topological polar surface area (TPSA) is 21.6 Å². The Bertz CT molecular complexity index is 316. The summed E-state index contributed by atoms with van der Waals surface area (Å²) in [6.07, 6.45) is 0. The van der Waals surface area contributed by atoms with Gasteiger partial charge in [-0.05, 0) is 34.6 Å². The summed E-state index contributed by atoms with van der Waals surface area (Å²) < 4.78 is 0.318. The average molecular weight is 356 g/mol. The van der Waals surface area contributed by atoms with E-state index >= 15 is 0 Å². The van der Waals surface area contributed by atoms with E-state index in [1.54, 1.807) is 10.8 Å². The van der Waals surface area contributed by atoms with Crippen molar-refractivity contribution in [3.63, 3.8) is 0 Å². The number of rotatable bonds is 7. The Balaban J connectivity index is 4.63. The number of hydrogen-bond donors (Lipinski definition) is 1. The van der Waals surface area contributed by atoms with Gasteiger partial charge in [-0.25, -0.2) is 0 Å². The molecule has 0 radical (unpaired) electrons. The molecule has 0 fully saturated rings. The van der Waals surface area contributed by atoms with Gasteiger partial charge in [-0.1, -0.05) is 36.7 Å². The SMILES string of the molecule is CC(C)(C)O/N=C(/CSC(C)(C)C)CSC(C)(C)SS. The van der Waals surface area contributed by atoms with Crippen LogP contribution in [0.2, 0.25) is 0 Å². The van der Waals surface area contributed by atoms with Crippen LogP contribution < -0.4 is 0 Å². The first-order valence-electron chi connectivity index (χ1n) is 6.69. The van der Waals surface area contributed by atoms with Gasteiger partial charge in [0.25, 0.3) is 0 Å². The van der Waals surface area contributed by atoms with Gasteiger partial charge >= 0.3 is 0 Å². The summed E-state index contributed by atoms with van der Waals surface area (Å²) in [4.78, 5) is 5.59. The van der Waals surface area contributed by atoms with Crippen molar-refractivity contribution in [2.24, 2.45) is 5.16 Å². The summed E-state index contributed by atoms with van der Waals surface area (Å²) in [6, 6.07) is 0. The Hall–Kier alpha value is 0.870. The predicted octanol–water partition coefficient (Wildman–Crippen LogP) is 5.74. The molecule has 0 spiro atoms. The molecule has 0 saturated heterocycles. The molecule has 0 amide bonds. The number of thiol groups is 1. The lowest BCUT2D eigenvalue weighted by molar-refractivity contribution is 0.000833. The van der Waals surface area contributed by atoms with Gasteiger partial charge in [-0.2, -0.15) is 0 Å². The third kappa shape index (κ3) is 12.6. The zero-order valence-corrected chi connectivity index (χ0v) is 17.3. The van der Waals surface area contributed by atoms with E-state index < -0.39 is 0 Å². The van der Waals surface area contributed by atoms with Gasteiger partial charge < -0.3 is 4.84 Å². The van der Waals surface area contributed by atoms with E-state index in [0.717, 1.165) is 17.2 Å². The van der Waals surface area contributed by atoms with Crippen LogP contribution >= 0.6 is 46.0 Å². The molecule has 20 heavy (non-hydrogen) atoms. The van der Waals surface area contributed by atoms with Crippen LogP contribution in [-0.2, 0) is 4.84 Å². The van der Waals surface area contributed by atoms with Crippen LogP contribution in [0.5, 0.6) is 0 Å². The third-order valence-corrected chi connectivity index (χ3v) is 7.23. The average Bonchev–Trinajstić information content (AvgIpc) is 2.25. The fourth-order valence-electron chi connectivity index (χ4n) is 0.879. The molecule has 0 heterocycles. The second-order valence-electron chi connectivity index (χ2n) is 7.04. The summed E-state index contributed by atoms with van der Waals surface area (Å²) in [5, 5.41) is 4.38. The fraction of sp³-hybridized carbons (Fsp3) is 0.929. The Morgan fingerprint density at radius 2 is 1.45 bits per heavy atom. The normalized spacial score (nSPS) is 14.6. The molecule has 0 saturated carbocycles. The summed E-state index contributed by atoms with van der Waals surface area (Å²) >= 11 is 8.07. The number of thioether (sulfide) groups is 2. The van der Waals surface area contributed by atoms with E-state index in [1.807, 2.05) is 44.3 Å². The molecule has 0 aliphatic carbocycles. The zero-order chi connectivity index (χ0) is 16.0. The Kier molecular flexibility index (Phi) is 8.86. The van der Waals surface area contributed by atoms with Crippen molar-refractivity contribution in [1.29, 1.82) is 0 Å². The molecule has 0 rings (SSSR count). The Morgan fingerprint density at radius 3 is 1.85 bits per heavy atom. The molecule has 120 valence electrons. The van der Waals surface area contributed by atoms with Crippen molar-refractivity contribution in [2.45, 2.75) is 69.8 Å². The van der Waals surface area contributed by atoms with E-state index in [9.17, 15) is 0 Å². The molecule has 6 heteroatoms. The smallest absolute Gasteiger partial charge is 0.129 e. The van der Waals surface area contributed by atoms with E-state index in [-0.39, 0.29) is 14.4 Å². The van der Waals surface area contributed by atoms with Crippen LogP contribution in [-0.4, -0.2) is 31.6 Å². The largest absolute Gasteiger partial charge is 0.390 e. The minimum atomic E-state index is -0.240. The first-order valence-corrected chi connectivity index (χ1v) is 10.5. The van der Waals surface area contributed by atoms with Crippen LogP contribution in [0.15, 0.2) is 5.16 Å². The zero-order valence-electron chi connectivity index (χ0n) is 13.9. The van der Waals surface area contributed by atoms with Crippen LogP contribution in [0.1, 0.15) is 55.4 Å². The third-order valence-electron chi connectivity index (χ3n) is 1.93. The predicted molar refractivity (Wildman–Crippen MR) is 104 cm³/mol. The summed E-state index contributed by atoms with van der Waals surface area (Å²) in [7, 11) is 1.57. The van der Waals surface area contributed by atoms with E-state index in [4.69, 9.17) is 4.84 Å². The number of nitrogens with zero attached hydrogens (tertiary/aromatic N) is 1. The second-order valence-corrected chi connectivity index (χ2v) is 12.5. The summed E-state index contributed by atoms with van der Waals surface area (Å²) in [5.74, 6) is 1.78. The highest BCUT2D eigenvalue weighted by atomic mass is 33.1. The number of oxime groups is 1. The quantitative estimate of drug-likeness (QED) is 0.207. The highest BCUT2D eigenvalue weighted by Gasteiger charge is 2.20. The monoisotopic (exact) mass is 355 g/mol. The van der Waals surface area contributed by atoms with E-state index in [0.29, 0.717) is 0 Å². The molecule has 0 unspecified atom stereocenters. The second kappa shape index (κ2) is 8.49. The van der Waals surface area contributed by atoms with E-state index in [1.165, 1.54) is 0 Å². The van der Waals surface area contributed by atoms with Crippen LogP contribution in [0.4, 0.5) is 0 Å². The van der Waals surface area contributed by atoms with Crippen molar-refractivity contribution >= 4 is 51.7 Å². The first kappa shape index (κ1) is 20.9. The Morgan fingerprint density at radius 1 is 0.950 bits per heavy atom. The van der Waals surface area contributed by atoms with Gasteiger partial charge in [0.05, 0.1) is 9.79 Å². The molecular weight excluding hydrogens is 326 g/mol. The minimum Gasteiger partial charge on any atom is -0.390 e. The first-order chi connectivity index (χ1) is 8.85. The molecule has 0 aromatic rings. The molecule has 0 atom stereocenters. The van der Waals surface area contributed by atoms with Crippen molar-refractivity contribution < 1.29 is 4.84 Å². The maximum absolute atomic E-state index is 5.59. The van der Waals surface area contributed by atoms with Gasteiger partial charge in [0, 0.05) is 16.3 Å². The molecule has 0 aliphatic heterocycles. The van der Waals surface area contributed by atoms with Gasteiger partial charge in [-0.3, -0.25) is 0 Å². The maximum atomic E-state index is 5.59. The lowest BCUT2D eigenvalue weighted by Gasteiger charge is -2.23. The highest BCUT2D eigenvalue weighted by molar-refractivity contribution is 8.71. The van der Waals surface area contributed by atoms with Gasteiger partial charge in [0.1, 0.15) is 5.60 Å². The molecule has 0 N–H and O–H groups in total. The van der Waals surface area contributed by atoms with Crippen LogP contribution in [0.25, 0.3) is 0 Å². The van der Waals surface area contributed by atoms with Crippen molar-refractivity contribution in [3.8, 4) is 0 Å². The van der Waals surface area contributed by atoms with Gasteiger partial charge in [0.15, 0.2) is 0 Å². The van der Waals surface area contributed by atoms with Gasteiger partial charge in [0.2, 0.25) is 0 Å². The summed E-state index contributed by atoms with van der Waals surface area (Å²) in [5.41, 5.74) is 0.858. The van der Waals surface area contributed by atoms with Crippen molar-refractivity contribution in [3.05, 3.63) is 0 Å². The highest BCUT2D eigenvalue weighted by Crippen LogP contribution is 2.38. The molecule has 2 nitrogen and oxygen atoms in total. The molecule has 0 bridgehead atoms. The summed E-state index contributed by atoms with van der Waals surface area (Å²) in [6.45, 7) is 17.1. The van der Waals surface area contributed by atoms with Crippen molar-refractivity contribution in [1.82, 2.24) is 0 Å². The van der Waals surface area contributed by atoms with Crippen molar-refractivity contribution in [2.75, 3.05) is 11.5 Å². The maximum Gasteiger partial charge on any atom is 0.129 e. The lowest BCUT2D eigenvalue weighted by atomic mass is 10.2. The minimum absolute atomic E-state index is 0.0814. The fourth-order valence-corrected chi connectivity index (χ4v) is 3.29. The van der Waals surface area contributed by atoms with E-state index in [2.05, 4.69) is 51.4 Å². The molecule has 0 aliphatic rings. The van der Waals surface area contributed by atoms with Crippen LogP contribution in [0.3, 0.4) is 0 Å². The van der Waals surface area contributed by atoms with Crippen LogP contribution in [0, 0.1) is 0 Å². The molecular formula is C14H29NOS4. The lowest BCUT2D eigenvalue weighted by Crippen LogP contribution is -2.21. The molecule has 0 aromatic carbocycles. The Labute approximate surface area is 142 Å². The molecule has 0 aromatic heterocycles. The van der Waals surface area contributed by atoms with Gasteiger partial charge in [-0.15, -0.1) is 35.2 Å². The standard InChI is InChI=1S/C14H29NOS4/c1-12(2,3)16-15-11(9-18-13(4,5)6)10-19-14(7,8)20-17/h17H,9-10H2,1-8H3/b15-11-.